The number of fused-ring (bicyclic) bond motifs is 1. The summed E-state index contributed by atoms with van der Waals surface area (Å²) in [5.74, 6) is -0.613. The molecule has 4 rings (SSSR count). The van der Waals surface area contributed by atoms with Gasteiger partial charge in [-0.2, -0.15) is 13.2 Å². The number of halogens is 3. The third kappa shape index (κ3) is 4.72. The van der Waals surface area contributed by atoms with Crippen molar-refractivity contribution in [3.63, 3.8) is 0 Å². The zero-order chi connectivity index (χ0) is 26.2. The van der Waals surface area contributed by atoms with Crippen molar-refractivity contribution in [1.29, 1.82) is 0 Å². The van der Waals surface area contributed by atoms with Crippen LogP contribution in [0.5, 0.6) is 5.75 Å². The van der Waals surface area contributed by atoms with E-state index in [0.717, 1.165) is 12.5 Å². The molecule has 3 heterocycles. The average molecular weight is 505 g/mol. The standard InChI is InChI=1S/C24H26F3N5O4/c1-4-15(23(34)32-10-5-11-32)29-21(33)19-20(12(2)28)36-22(31-19)14-6-8-16(35-3)18-13(14)7-9-17(30-18)24(25,26)27/h6-9,12,15H,4-5,10-11,28H2,1-3H3,(H,29,33)/t12-,15-/m0/s1. The van der Waals surface area contributed by atoms with Gasteiger partial charge in [-0.25, -0.2) is 9.97 Å². The molecule has 0 spiro atoms. The van der Waals surface area contributed by atoms with Crippen molar-refractivity contribution in [3.8, 4) is 17.2 Å². The molecule has 0 saturated carbocycles. The van der Waals surface area contributed by atoms with Crippen LogP contribution in [-0.4, -0.2) is 52.9 Å². The number of nitrogens with two attached hydrogens (primary N) is 1. The van der Waals surface area contributed by atoms with Gasteiger partial charge in [0.15, 0.2) is 11.5 Å². The van der Waals surface area contributed by atoms with Gasteiger partial charge < -0.3 is 25.1 Å². The highest BCUT2D eigenvalue weighted by molar-refractivity contribution is 5.99. The summed E-state index contributed by atoms with van der Waals surface area (Å²) in [6, 6.07) is 3.64. The smallest absolute Gasteiger partial charge is 0.433 e. The molecular weight excluding hydrogens is 479 g/mol. The van der Waals surface area contributed by atoms with Crippen molar-refractivity contribution in [2.45, 2.75) is 44.9 Å². The van der Waals surface area contributed by atoms with Crippen LogP contribution < -0.4 is 15.8 Å². The lowest BCUT2D eigenvalue weighted by Gasteiger charge is -2.34. The number of hydrogen-bond acceptors (Lipinski definition) is 7. The lowest BCUT2D eigenvalue weighted by atomic mass is 10.1. The molecule has 9 nitrogen and oxygen atoms in total. The molecule has 2 aromatic heterocycles. The summed E-state index contributed by atoms with van der Waals surface area (Å²) in [5.41, 5.74) is 5.11. The van der Waals surface area contributed by atoms with Crippen molar-refractivity contribution >= 4 is 22.7 Å². The number of nitrogens with zero attached hydrogens (tertiary/aromatic N) is 3. The third-order valence-corrected chi connectivity index (χ3v) is 6.02. The number of hydrogen-bond donors (Lipinski definition) is 2. The van der Waals surface area contributed by atoms with E-state index in [4.69, 9.17) is 14.9 Å². The van der Waals surface area contributed by atoms with E-state index in [-0.39, 0.29) is 39.9 Å². The second-order valence-corrected chi connectivity index (χ2v) is 8.54. The normalized spacial score (nSPS) is 15.4. The lowest BCUT2D eigenvalue weighted by molar-refractivity contribution is -0.141. The van der Waals surface area contributed by atoms with Crippen LogP contribution in [0.2, 0.25) is 0 Å². The second-order valence-electron chi connectivity index (χ2n) is 8.54. The molecule has 192 valence electrons. The summed E-state index contributed by atoms with van der Waals surface area (Å²) >= 11 is 0. The van der Waals surface area contributed by atoms with Crippen LogP contribution in [0.15, 0.2) is 28.7 Å². The Morgan fingerprint density at radius 3 is 2.50 bits per heavy atom. The van der Waals surface area contributed by atoms with Crippen LogP contribution in [-0.2, 0) is 11.0 Å². The van der Waals surface area contributed by atoms with Crippen molar-refractivity contribution in [1.82, 2.24) is 20.2 Å². The van der Waals surface area contributed by atoms with Gasteiger partial charge >= 0.3 is 6.18 Å². The Labute approximate surface area is 204 Å². The largest absolute Gasteiger partial charge is 0.494 e. The quantitative estimate of drug-likeness (QED) is 0.502. The van der Waals surface area contributed by atoms with Crippen LogP contribution in [0.25, 0.3) is 22.4 Å². The van der Waals surface area contributed by atoms with Gasteiger partial charge in [0.2, 0.25) is 11.8 Å². The number of nitrogens with one attached hydrogen (secondary N) is 1. The molecule has 3 aromatic rings. The maximum atomic E-state index is 13.3. The highest BCUT2D eigenvalue weighted by Crippen LogP contribution is 2.37. The van der Waals surface area contributed by atoms with Gasteiger partial charge in [0.25, 0.3) is 5.91 Å². The molecule has 1 aromatic carbocycles. The van der Waals surface area contributed by atoms with E-state index in [0.29, 0.717) is 25.1 Å². The Balaban J connectivity index is 1.74. The van der Waals surface area contributed by atoms with E-state index >= 15 is 0 Å². The van der Waals surface area contributed by atoms with Gasteiger partial charge in [0.05, 0.1) is 13.2 Å². The minimum Gasteiger partial charge on any atom is -0.494 e. The zero-order valence-electron chi connectivity index (χ0n) is 20.0. The van der Waals surface area contributed by atoms with Gasteiger partial charge in [-0.15, -0.1) is 0 Å². The number of aromatic nitrogens is 2. The summed E-state index contributed by atoms with van der Waals surface area (Å²) in [6.07, 6.45) is -3.34. The molecule has 0 bridgehead atoms. The number of carbonyl (C=O) groups is 2. The molecule has 1 aliphatic rings. The van der Waals surface area contributed by atoms with Gasteiger partial charge in [0.1, 0.15) is 23.0 Å². The highest BCUT2D eigenvalue weighted by atomic mass is 19.4. The number of amides is 2. The first-order valence-corrected chi connectivity index (χ1v) is 11.5. The van der Waals surface area contributed by atoms with E-state index in [2.05, 4.69) is 15.3 Å². The predicted molar refractivity (Wildman–Crippen MR) is 124 cm³/mol. The predicted octanol–water partition coefficient (Wildman–Crippen LogP) is 3.68. The Hall–Kier alpha value is -3.67. The molecule has 2 amide bonds. The molecule has 2 atom stereocenters. The fourth-order valence-corrected chi connectivity index (χ4v) is 3.94. The van der Waals surface area contributed by atoms with Crippen LogP contribution in [0.1, 0.15) is 54.7 Å². The van der Waals surface area contributed by atoms with Crippen LogP contribution in [0, 0.1) is 0 Å². The van der Waals surface area contributed by atoms with Crippen molar-refractivity contribution in [3.05, 3.63) is 41.4 Å². The Morgan fingerprint density at radius 2 is 1.94 bits per heavy atom. The van der Waals surface area contributed by atoms with Crippen molar-refractivity contribution in [2.75, 3.05) is 20.2 Å². The number of likely N-dealkylation sites (tertiary alicyclic amines) is 1. The summed E-state index contributed by atoms with van der Waals surface area (Å²) in [5, 5.41) is 2.99. The number of ether oxygens (including phenoxy) is 1. The van der Waals surface area contributed by atoms with Gasteiger partial charge in [0, 0.05) is 24.0 Å². The van der Waals surface area contributed by atoms with Crippen LogP contribution in [0.3, 0.4) is 0 Å². The van der Waals surface area contributed by atoms with Gasteiger partial charge in [-0.1, -0.05) is 6.92 Å². The van der Waals surface area contributed by atoms with Crippen LogP contribution >= 0.6 is 0 Å². The minimum absolute atomic E-state index is 0.0243. The van der Waals surface area contributed by atoms with Crippen LogP contribution in [0.4, 0.5) is 13.2 Å². The molecule has 12 heteroatoms. The fourth-order valence-electron chi connectivity index (χ4n) is 3.94. The fraction of sp³-hybridized carbons (Fsp3) is 0.417. The maximum absolute atomic E-state index is 13.3. The minimum atomic E-state index is -4.64. The molecule has 1 saturated heterocycles. The zero-order valence-corrected chi connectivity index (χ0v) is 20.0. The maximum Gasteiger partial charge on any atom is 0.433 e. The SMILES string of the molecule is CC[C@H](NC(=O)c1nc(-c2ccc(OC)c3nc(C(F)(F)F)ccc23)oc1[C@H](C)N)C(=O)N1CCC1. The lowest BCUT2D eigenvalue weighted by Crippen LogP contribution is -2.52. The Morgan fingerprint density at radius 1 is 1.22 bits per heavy atom. The molecule has 3 N–H and O–H groups in total. The van der Waals surface area contributed by atoms with E-state index in [1.165, 1.54) is 19.2 Å². The number of oxazole rings is 1. The highest BCUT2D eigenvalue weighted by Gasteiger charge is 2.34. The molecule has 1 aliphatic heterocycles. The first-order chi connectivity index (χ1) is 17.0. The molecule has 0 radical (unpaired) electrons. The summed E-state index contributed by atoms with van der Waals surface area (Å²) < 4.78 is 50.8. The van der Waals surface area contributed by atoms with E-state index in [9.17, 15) is 22.8 Å². The van der Waals surface area contributed by atoms with E-state index < -0.39 is 29.9 Å². The third-order valence-electron chi connectivity index (χ3n) is 6.02. The Kier molecular flexibility index (Phi) is 6.90. The first-order valence-electron chi connectivity index (χ1n) is 11.5. The van der Waals surface area contributed by atoms with Crippen molar-refractivity contribution < 1.29 is 31.9 Å². The first kappa shape index (κ1) is 25.4. The molecule has 0 aliphatic carbocycles. The number of carbonyl (C=O) groups excluding carboxylic acids is 2. The number of rotatable bonds is 7. The second kappa shape index (κ2) is 9.76. The number of benzene rings is 1. The molecular formula is C24H26F3N5O4. The van der Waals surface area contributed by atoms with Gasteiger partial charge in [-0.3, -0.25) is 9.59 Å². The monoisotopic (exact) mass is 505 g/mol. The van der Waals surface area contributed by atoms with E-state index in [1.807, 2.05) is 0 Å². The summed E-state index contributed by atoms with van der Waals surface area (Å²) in [4.78, 5) is 35.5. The van der Waals surface area contributed by atoms with Crippen molar-refractivity contribution in [2.24, 2.45) is 5.73 Å². The number of pyridine rings is 1. The molecule has 36 heavy (non-hydrogen) atoms. The van der Waals surface area contributed by atoms with Gasteiger partial charge in [-0.05, 0) is 44.0 Å². The summed E-state index contributed by atoms with van der Waals surface area (Å²) in [7, 11) is 1.32. The topological polar surface area (TPSA) is 124 Å². The average Bonchev–Trinajstić information content (AvgIpc) is 3.25. The molecule has 1 fully saturated rings. The Bertz CT molecular complexity index is 1300. The van der Waals surface area contributed by atoms with E-state index in [1.54, 1.807) is 24.8 Å². The number of alkyl halides is 3. The summed E-state index contributed by atoms with van der Waals surface area (Å²) in [6.45, 7) is 4.69. The number of methoxy groups -OCH3 is 1. The molecule has 0 unspecified atom stereocenters.